The van der Waals surface area contributed by atoms with E-state index in [0.29, 0.717) is 24.5 Å². The average molecular weight is 581 g/mol. The summed E-state index contributed by atoms with van der Waals surface area (Å²) >= 11 is 9.30. The van der Waals surface area contributed by atoms with Gasteiger partial charge in [-0.05, 0) is 54.8 Å². The predicted octanol–water partition coefficient (Wildman–Crippen LogP) is 4.55. The molecule has 1 saturated heterocycles. The van der Waals surface area contributed by atoms with E-state index in [9.17, 15) is 19.8 Å². The lowest BCUT2D eigenvalue weighted by Gasteiger charge is -2.22. The number of nitrogens with zero attached hydrogens (tertiary/aromatic N) is 2. The number of halogens is 1. The zero-order chi connectivity index (χ0) is 27.9. The zero-order valence-corrected chi connectivity index (χ0v) is 24.4. The van der Waals surface area contributed by atoms with Gasteiger partial charge in [-0.2, -0.15) is 0 Å². The van der Waals surface area contributed by atoms with Gasteiger partial charge >= 0.3 is 0 Å². The molecule has 0 saturated carbocycles. The normalized spacial score (nSPS) is 13.9. The number of hydrogen-bond acceptors (Lipinski definition) is 8. The second-order valence-electron chi connectivity index (χ2n) is 8.20. The van der Waals surface area contributed by atoms with Crippen LogP contribution in [0.5, 0.6) is 0 Å². The number of carbonyl (C=O) groups is 2. The van der Waals surface area contributed by atoms with Crippen LogP contribution < -0.4 is 10.6 Å². The molecule has 2 aromatic heterocycles. The number of nitrogens with one attached hydrogen (secondary N) is 2. The smallest absolute Gasteiger partial charge is 0.254 e. The molecule has 2 atom stereocenters. The second kappa shape index (κ2) is 17.2. The molecule has 3 aromatic rings. The first-order valence-corrected chi connectivity index (χ1v) is 14.9. The van der Waals surface area contributed by atoms with E-state index in [0.717, 1.165) is 40.5 Å². The van der Waals surface area contributed by atoms with Crippen molar-refractivity contribution in [2.75, 3.05) is 25.0 Å². The fourth-order valence-electron chi connectivity index (χ4n) is 3.62. The zero-order valence-electron chi connectivity index (χ0n) is 22.0. The van der Waals surface area contributed by atoms with Gasteiger partial charge < -0.3 is 25.7 Å². The number of hydrogen-bond donors (Lipinski definition) is 4. The van der Waals surface area contributed by atoms with Crippen molar-refractivity contribution < 1.29 is 19.8 Å². The van der Waals surface area contributed by atoms with Crippen molar-refractivity contribution in [1.29, 1.82) is 0 Å². The topological polar surface area (TPSA) is 115 Å². The maximum atomic E-state index is 12.1. The number of aliphatic hydroxyl groups excluding tert-OH is 2. The quantitative estimate of drug-likeness (QED) is 0.295. The lowest BCUT2D eigenvalue weighted by molar-refractivity contribution is -0.152. The van der Waals surface area contributed by atoms with Crippen molar-refractivity contribution in [2.45, 2.75) is 58.8 Å². The molecule has 4 N–H and O–H groups in total. The van der Waals surface area contributed by atoms with Gasteiger partial charge in [0.05, 0.1) is 6.54 Å². The van der Waals surface area contributed by atoms with Crippen LogP contribution in [0, 0.1) is 0 Å². The molecule has 8 nitrogen and oxygen atoms in total. The van der Waals surface area contributed by atoms with Crippen LogP contribution in [0.15, 0.2) is 47.3 Å². The van der Waals surface area contributed by atoms with E-state index in [2.05, 4.69) is 22.5 Å². The number of thiophene rings is 1. The van der Waals surface area contributed by atoms with E-state index in [4.69, 9.17) is 11.6 Å². The summed E-state index contributed by atoms with van der Waals surface area (Å²) in [5.74, 6) is -1.36. The molecule has 0 spiro atoms. The fraction of sp³-hybridized carbons (Fsp3) is 0.444. The molecule has 0 bridgehead atoms. The Morgan fingerprint density at radius 2 is 1.84 bits per heavy atom. The van der Waals surface area contributed by atoms with E-state index in [-0.39, 0.29) is 6.54 Å². The third-order valence-corrected chi connectivity index (χ3v) is 7.58. The largest absolute Gasteiger partial charge is 0.380 e. The first kappa shape index (κ1) is 31.7. The summed E-state index contributed by atoms with van der Waals surface area (Å²) in [6, 6.07) is 9.60. The molecule has 208 valence electrons. The number of rotatable bonds is 9. The van der Waals surface area contributed by atoms with Gasteiger partial charge in [0.2, 0.25) is 0 Å². The number of amides is 2. The van der Waals surface area contributed by atoms with Gasteiger partial charge in [0.1, 0.15) is 0 Å². The molecule has 1 fully saturated rings. The molecule has 0 unspecified atom stereocenters. The highest BCUT2D eigenvalue weighted by atomic mass is 35.5. The van der Waals surface area contributed by atoms with Crippen molar-refractivity contribution in [3.05, 3.63) is 68.3 Å². The van der Waals surface area contributed by atoms with Crippen LogP contribution >= 0.6 is 34.3 Å². The monoisotopic (exact) mass is 580 g/mol. The lowest BCUT2D eigenvalue weighted by atomic mass is 10.1. The molecule has 0 aliphatic carbocycles. The van der Waals surface area contributed by atoms with Crippen LogP contribution in [0.2, 0.25) is 5.02 Å². The van der Waals surface area contributed by atoms with E-state index in [1.165, 1.54) is 16.2 Å². The highest BCUT2D eigenvalue weighted by Gasteiger charge is 2.34. The highest BCUT2D eigenvalue weighted by molar-refractivity contribution is 7.13. The van der Waals surface area contributed by atoms with Crippen molar-refractivity contribution >= 4 is 51.2 Å². The molecule has 1 aromatic carbocycles. The van der Waals surface area contributed by atoms with Gasteiger partial charge in [0, 0.05) is 41.1 Å². The Hall–Kier alpha value is -2.50. The summed E-state index contributed by atoms with van der Waals surface area (Å²) in [5.41, 5.74) is 2.10. The second-order valence-corrected chi connectivity index (χ2v) is 10.5. The van der Waals surface area contributed by atoms with Crippen LogP contribution in [0.1, 0.15) is 49.6 Å². The molecule has 11 heteroatoms. The molecule has 1 aliphatic rings. The molecular weight excluding hydrogens is 544 g/mol. The van der Waals surface area contributed by atoms with Gasteiger partial charge in [-0.3, -0.25) is 9.59 Å². The van der Waals surface area contributed by atoms with E-state index in [1.54, 1.807) is 17.5 Å². The minimum Gasteiger partial charge on any atom is -0.380 e. The summed E-state index contributed by atoms with van der Waals surface area (Å²) in [7, 11) is 0. The van der Waals surface area contributed by atoms with Gasteiger partial charge in [-0.15, -0.1) is 22.7 Å². The Morgan fingerprint density at radius 1 is 1.13 bits per heavy atom. The molecular formula is C27H37ClN4O4S2. The lowest BCUT2D eigenvalue weighted by Crippen LogP contribution is -2.50. The predicted molar refractivity (Wildman–Crippen MR) is 156 cm³/mol. The molecule has 1 aliphatic heterocycles. The van der Waals surface area contributed by atoms with Crippen LogP contribution in [-0.4, -0.2) is 63.8 Å². The Morgan fingerprint density at radius 3 is 2.47 bits per heavy atom. The maximum Gasteiger partial charge on any atom is 0.254 e. The van der Waals surface area contributed by atoms with Gasteiger partial charge in [0.15, 0.2) is 17.3 Å². The van der Waals surface area contributed by atoms with Gasteiger partial charge in [0.25, 0.3) is 11.8 Å². The Balaban J connectivity index is 0.000000428. The minimum absolute atomic E-state index is 0.216. The molecule has 2 amide bonds. The number of likely N-dealkylation sites (tertiary alicyclic amines) is 1. The number of benzene rings is 1. The molecule has 38 heavy (non-hydrogen) atoms. The number of anilines is 1. The standard InChI is InChI=1S/C20H23ClN2O4S.C5H8N2S.C2H6/c21-16-6-2-1-5-14(16)9-13-10-15(28-12-13)11-22-19(26)17(24)18(25)20(27)23-7-3-4-8-23;1-2-6-5-7-3-4-8-5;1-2/h1-2,5-6,10,12,17-18,24-25H,3-4,7-9,11H2,(H,22,26);3-4H,2H2,1H3,(H,6,7);1-2H3/t17-,18-;;/m1../s1. The molecule has 4 rings (SSSR count). The van der Waals surface area contributed by atoms with E-state index >= 15 is 0 Å². The van der Waals surface area contributed by atoms with Gasteiger partial charge in [-0.1, -0.05) is 43.6 Å². The number of thiazole rings is 1. The first-order chi connectivity index (χ1) is 18.4. The first-order valence-electron chi connectivity index (χ1n) is 12.7. The minimum atomic E-state index is -1.78. The van der Waals surface area contributed by atoms with Crippen molar-refractivity contribution in [3.63, 3.8) is 0 Å². The van der Waals surface area contributed by atoms with Crippen molar-refractivity contribution in [2.24, 2.45) is 0 Å². The third-order valence-electron chi connectivity index (χ3n) is 5.50. The maximum absolute atomic E-state index is 12.1. The number of aromatic nitrogens is 1. The summed E-state index contributed by atoms with van der Waals surface area (Å²) in [4.78, 5) is 30.6. The summed E-state index contributed by atoms with van der Waals surface area (Å²) in [6.45, 7) is 8.32. The van der Waals surface area contributed by atoms with E-state index in [1.807, 2.05) is 54.9 Å². The van der Waals surface area contributed by atoms with Gasteiger partial charge in [-0.25, -0.2) is 4.98 Å². The third kappa shape index (κ3) is 9.99. The SMILES string of the molecule is CC.CCNc1nccs1.O=C(NCc1cc(Cc2ccccc2Cl)cs1)[C@H](O)[C@@H](O)C(=O)N1CCCC1. The number of aliphatic hydroxyl groups is 2. The summed E-state index contributed by atoms with van der Waals surface area (Å²) in [5, 5.41) is 31.3. The van der Waals surface area contributed by atoms with Crippen LogP contribution in [0.25, 0.3) is 0 Å². The fourth-order valence-corrected chi connectivity index (χ4v) is 5.25. The average Bonchev–Trinajstić information content (AvgIpc) is 3.73. The summed E-state index contributed by atoms with van der Waals surface area (Å²) in [6.07, 6.45) is 0.705. The molecule has 3 heterocycles. The Labute approximate surface area is 237 Å². The van der Waals surface area contributed by atoms with Crippen LogP contribution in [0.4, 0.5) is 5.13 Å². The highest BCUT2D eigenvalue weighted by Crippen LogP contribution is 2.22. The summed E-state index contributed by atoms with van der Waals surface area (Å²) < 4.78 is 0. The Kier molecular flexibility index (Phi) is 14.3. The van der Waals surface area contributed by atoms with E-state index < -0.39 is 24.0 Å². The van der Waals surface area contributed by atoms with Crippen molar-refractivity contribution in [1.82, 2.24) is 15.2 Å². The number of carbonyl (C=O) groups excluding carboxylic acids is 2. The van der Waals surface area contributed by atoms with Crippen LogP contribution in [0.3, 0.4) is 0 Å². The van der Waals surface area contributed by atoms with Crippen molar-refractivity contribution in [3.8, 4) is 0 Å². The Bertz CT molecular complexity index is 1100. The molecule has 0 radical (unpaired) electrons. The van der Waals surface area contributed by atoms with Crippen LogP contribution in [-0.2, 0) is 22.6 Å².